The molecule has 1 atom stereocenters. The molecule has 170 valence electrons. The minimum absolute atomic E-state index is 0.0902. The van der Waals surface area contributed by atoms with Gasteiger partial charge in [0.25, 0.3) is 0 Å². The summed E-state index contributed by atoms with van der Waals surface area (Å²) < 4.78 is 86.1. The SMILES string of the molecule is COC(=O)CCn1ncc2c1CCC[C@H]2N(C)S(=O)(=O)c1cc(F)cc(C(F)(F)F)c1. The molecule has 1 heterocycles. The highest BCUT2D eigenvalue weighted by atomic mass is 32.2. The van der Waals surface area contributed by atoms with E-state index in [0.717, 1.165) is 10.00 Å². The van der Waals surface area contributed by atoms with Gasteiger partial charge < -0.3 is 4.74 Å². The third-order valence-electron chi connectivity index (χ3n) is 5.30. The highest BCUT2D eigenvalue weighted by Crippen LogP contribution is 2.38. The first-order valence-corrected chi connectivity index (χ1v) is 10.9. The van der Waals surface area contributed by atoms with Crippen LogP contribution >= 0.6 is 0 Å². The Labute approximate surface area is 176 Å². The second-order valence-electron chi connectivity index (χ2n) is 7.20. The van der Waals surface area contributed by atoms with Gasteiger partial charge in [-0.3, -0.25) is 9.48 Å². The largest absolute Gasteiger partial charge is 0.469 e. The molecule has 0 saturated heterocycles. The van der Waals surface area contributed by atoms with Crippen molar-refractivity contribution in [3.63, 3.8) is 0 Å². The van der Waals surface area contributed by atoms with E-state index in [1.54, 1.807) is 4.68 Å². The summed E-state index contributed by atoms with van der Waals surface area (Å²) >= 11 is 0. The molecule has 0 amide bonds. The quantitative estimate of drug-likeness (QED) is 0.485. The van der Waals surface area contributed by atoms with Gasteiger partial charge in [-0.2, -0.15) is 22.6 Å². The first-order chi connectivity index (χ1) is 14.4. The van der Waals surface area contributed by atoms with Crippen molar-refractivity contribution in [3.05, 3.63) is 47.0 Å². The molecule has 1 aromatic carbocycles. The zero-order chi connectivity index (χ0) is 23.0. The molecule has 7 nitrogen and oxygen atoms in total. The first-order valence-electron chi connectivity index (χ1n) is 9.42. The molecule has 0 saturated carbocycles. The maximum Gasteiger partial charge on any atom is 0.416 e. The fourth-order valence-electron chi connectivity index (χ4n) is 3.67. The predicted octanol–water partition coefficient (Wildman–Crippen LogP) is 3.30. The number of carbonyl (C=O) groups excluding carboxylic acids is 1. The summed E-state index contributed by atoms with van der Waals surface area (Å²) in [5, 5.41) is 4.23. The van der Waals surface area contributed by atoms with Crippen LogP contribution in [0.5, 0.6) is 0 Å². The topological polar surface area (TPSA) is 81.5 Å². The van der Waals surface area contributed by atoms with Crippen LogP contribution in [0.3, 0.4) is 0 Å². The molecular formula is C19H21F4N3O4S. The molecule has 0 unspecified atom stereocenters. The monoisotopic (exact) mass is 463 g/mol. The molecular weight excluding hydrogens is 442 g/mol. The summed E-state index contributed by atoms with van der Waals surface area (Å²) in [5.74, 6) is -1.70. The molecule has 3 rings (SSSR count). The fraction of sp³-hybridized carbons (Fsp3) is 0.474. The fourth-order valence-corrected chi connectivity index (χ4v) is 5.10. The number of hydrogen-bond acceptors (Lipinski definition) is 5. The van der Waals surface area contributed by atoms with Crippen LogP contribution in [0.1, 0.15) is 42.1 Å². The number of rotatable bonds is 6. The molecule has 0 N–H and O–H groups in total. The van der Waals surface area contributed by atoms with E-state index in [-0.39, 0.29) is 19.0 Å². The van der Waals surface area contributed by atoms with Gasteiger partial charge in [-0.1, -0.05) is 0 Å². The van der Waals surface area contributed by atoms with Crippen molar-refractivity contribution < 1.29 is 35.5 Å². The highest BCUT2D eigenvalue weighted by Gasteiger charge is 2.37. The number of carbonyl (C=O) groups is 1. The average molecular weight is 463 g/mol. The number of fused-ring (bicyclic) bond motifs is 1. The highest BCUT2D eigenvalue weighted by molar-refractivity contribution is 7.89. The summed E-state index contributed by atoms with van der Waals surface area (Å²) in [4.78, 5) is 10.6. The van der Waals surface area contributed by atoms with Crippen LogP contribution in [0.2, 0.25) is 0 Å². The zero-order valence-corrected chi connectivity index (χ0v) is 17.6. The van der Waals surface area contributed by atoms with E-state index in [0.29, 0.717) is 37.0 Å². The summed E-state index contributed by atoms with van der Waals surface area (Å²) in [6, 6.07) is 0.574. The van der Waals surface area contributed by atoms with Crippen LogP contribution < -0.4 is 0 Å². The number of sulfonamides is 1. The van der Waals surface area contributed by atoms with Gasteiger partial charge in [0.15, 0.2) is 0 Å². The number of nitrogens with zero attached hydrogens (tertiary/aromatic N) is 3. The van der Waals surface area contributed by atoms with Crippen molar-refractivity contribution in [3.8, 4) is 0 Å². The van der Waals surface area contributed by atoms with E-state index in [1.807, 2.05) is 0 Å². The van der Waals surface area contributed by atoms with Crippen molar-refractivity contribution in [1.29, 1.82) is 0 Å². The van der Waals surface area contributed by atoms with E-state index in [1.165, 1.54) is 20.4 Å². The van der Waals surface area contributed by atoms with E-state index in [2.05, 4.69) is 9.84 Å². The Morgan fingerprint density at radius 2 is 2.03 bits per heavy atom. The Balaban J connectivity index is 1.92. The second kappa shape index (κ2) is 8.58. The third-order valence-corrected chi connectivity index (χ3v) is 7.15. The van der Waals surface area contributed by atoms with E-state index in [9.17, 15) is 30.8 Å². The third kappa shape index (κ3) is 4.74. The van der Waals surface area contributed by atoms with Crippen molar-refractivity contribution in [2.75, 3.05) is 14.2 Å². The number of methoxy groups -OCH3 is 1. The lowest BCUT2D eigenvalue weighted by molar-refractivity contribution is -0.141. The lowest BCUT2D eigenvalue weighted by Crippen LogP contribution is -2.33. The van der Waals surface area contributed by atoms with Crippen LogP contribution in [0.4, 0.5) is 17.6 Å². The number of hydrogen-bond donors (Lipinski definition) is 0. The maximum atomic E-state index is 13.8. The van der Waals surface area contributed by atoms with Crippen LogP contribution in [-0.2, 0) is 38.7 Å². The molecule has 0 aliphatic heterocycles. The molecule has 31 heavy (non-hydrogen) atoms. The number of aromatic nitrogens is 2. The van der Waals surface area contributed by atoms with Gasteiger partial charge in [0, 0.05) is 18.3 Å². The Kier molecular flexibility index (Phi) is 6.42. The van der Waals surface area contributed by atoms with Gasteiger partial charge in [-0.25, -0.2) is 12.8 Å². The van der Waals surface area contributed by atoms with Gasteiger partial charge in [0.2, 0.25) is 10.0 Å². The standard InChI is InChI=1S/C19H21F4N3O4S/c1-25(31(28,29)14-9-12(19(21,22)23)8-13(20)10-14)16-4-3-5-17-15(16)11-24-26(17)7-6-18(27)30-2/h8-11,16H,3-7H2,1-2H3/t16-/m1/s1. The molecule has 0 fully saturated rings. The van der Waals surface area contributed by atoms with Crippen molar-refractivity contribution in [2.45, 2.75) is 49.3 Å². The number of halogens is 4. The Bertz CT molecular complexity index is 1080. The van der Waals surface area contributed by atoms with Crippen molar-refractivity contribution >= 4 is 16.0 Å². The van der Waals surface area contributed by atoms with Gasteiger partial charge in [-0.05, 0) is 37.5 Å². The van der Waals surface area contributed by atoms with Crippen LogP contribution in [0.15, 0.2) is 29.3 Å². The molecule has 1 aliphatic rings. The van der Waals surface area contributed by atoms with Crippen LogP contribution in [0, 0.1) is 5.82 Å². The summed E-state index contributed by atoms with van der Waals surface area (Å²) in [6.45, 7) is 0.254. The Morgan fingerprint density at radius 3 is 2.68 bits per heavy atom. The van der Waals surface area contributed by atoms with Gasteiger partial charge in [0.05, 0.1) is 42.8 Å². The number of benzene rings is 1. The molecule has 2 aromatic rings. The lowest BCUT2D eigenvalue weighted by atomic mass is 9.93. The van der Waals surface area contributed by atoms with Crippen LogP contribution in [-0.4, -0.2) is 42.6 Å². The summed E-state index contributed by atoms with van der Waals surface area (Å²) in [5.41, 5.74) is -0.0218. The predicted molar refractivity (Wildman–Crippen MR) is 101 cm³/mol. The van der Waals surface area contributed by atoms with Gasteiger partial charge in [0.1, 0.15) is 5.82 Å². The smallest absolute Gasteiger partial charge is 0.416 e. The molecule has 12 heteroatoms. The molecule has 1 aromatic heterocycles. The molecule has 1 aliphatic carbocycles. The Hall–Kier alpha value is -2.47. The normalized spacial score (nSPS) is 16.9. The number of ether oxygens (including phenoxy) is 1. The van der Waals surface area contributed by atoms with E-state index < -0.39 is 44.5 Å². The van der Waals surface area contributed by atoms with Gasteiger partial charge in [-0.15, -0.1) is 0 Å². The minimum atomic E-state index is -4.89. The van der Waals surface area contributed by atoms with Crippen LogP contribution in [0.25, 0.3) is 0 Å². The lowest BCUT2D eigenvalue weighted by Gasteiger charge is -2.31. The molecule has 0 spiro atoms. The summed E-state index contributed by atoms with van der Waals surface area (Å²) in [7, 11) is -1.90. The van der Waals surface area contributed by atoms with Gasteiger partial charge >= 0.3 is 12.1 Å². The minimum Gasteiger partial charge on any atom is -0.469 e. The molecule has 0 bridgehead atoms. The maximum absolute atomic E-state index is 13.8. The number of alkyl halides is 3. The number of esters is 1. The Morgan fingerprint density at radius 1 is 1.32 bits per heavy atom. The van der Waals surface area contributed by atoms with E-state index in [4.69, 9.17) is 0 Å². The second-order valence-corrected chi connectivity index (χ2v) is 9.20. The first kappa shape index (κ1) is 23.2. The van der Waals surface area contributed by atoms with Crippen molar-refractivity contribution in [1.82, 2.24) is 14.1 Å². The summed E-state index contributed by atoms with van der Waals surface area (Å²) in [6.07, 6.45) is -1.66. The average Bonchev–Trinajstić information content (AvgIpc) is 3.13. The number of aryl methyl sites for hydroxylation is 1. The van der Waals surface area contributed by atoms with Crippen molar-refractivity contribution in [2.24, 2.45) is 0 Å². The molecule has 0 radical (unpaired) electrons. The van der Waals surface area contributed by atoms with E-state index >= 15 is 0 Å². The zero-order valence-electron chi connectivity index (χ0n) is 16.8.